The van der Waals surface area contributed by atoms with Gasteiger partial charge in [-0.1, -0.05) is 18.2 Å². The van der Waals surface area contributed by atoms with Crippen LogP contribution >= 0.6 is 11.3 Å². The van der Waals surface area contributed by atoms with Crippen LogP contribution in [0.25, 0.3) is 0 Å². The maximum absolute atomic E-state index is 11.9. The van der Waals surface area contributed by atoms with Crippen LogP contribution in [0.4, 0.5) is 0 Å². The van der Waals surface area contributed by atoms with Gasteiger partial charge in [-0.05, 0) is 19.1 Å². The Kier molecular flexibility index (Phi) is 4.11. The van der Waals surface area contributed by atoms with Gasteiger partial charge < -0.3 is 0 Å². The van der Waals surface area contributed by atoms with E-state index in [-0.39, 0.29) is 0 Å². The first-order valence-electron chi connectivity index (χ1n) is 5.54. The summed E-state index contributed by atoms with van der Waals surface area (Å²) in [4.78, 5) is 4.58. The third-order valence-electron chi connectivity index (χ3n) is 2.39. The lowest BCUT2D eigenvalue weighted by Crippen LogP contribution is -2.26. The molecule has 6 heteroatoms. The number of rotatable bonds is 5. The minimum absolute atomic E-state index is 0.291. The molecule has 2 aromatic rings. The summed E-state index contributed by atoms with van der Waals surface area (Å²) in [6, 6.07) is 8.36. The fourth-order valence-electron chi connectivity index (χ4n) is 1.52. The molecular weight excluding hydrogens is 268 g/mol. The molecule has 4 nitrogen and oxygen atoms in total. The van der Waals surface area contributed by atoms with Crippen molar-refractivity contribution in [2.75, 3.05) is 6.54 Å². The average molecular weight is 282 g/mol. The molecule has 0 aliphatic rings. The zero-order valence-corrected chi connectivity index (χ0v) is 11.6. The Hall–Kier alpha value is -1.24. The number of sulfonamides is 1. The van der Waals surface area contributed by atoms with Crippen molar-refractivity contribution in [1.29, 1.82) is 0 Å². The van der Waals surface area contributed by atoms with Gasteiger partial charge in [0, 0.05) is 18.3 Å². The molecule has 1 aromatic carbocycles. The van der Waals surface area contributed by atoms with Crippen LogP contribution < -0.4 is 4.72 Å². The SMILES string of the molecule is Cc1nc(CCNS(=O)(=O)c2ccccc2)cs1. The van der Waals surface area contributed by atoms with E-state index in [0.29, 0.717) is 17.9 Å². The molecule has 0 radical (unpaired) electrons. The molecule has 0 aliphatic carbocycles. The highest BCUT2D eigenvalue weighted by molar-refractivity contribution is 7.89. The summed E-state index contributed by atoms with van der Waals surface area (Å²) in [6.45, 7) is 2.29. The number of nitrogens with one attached hydrogen (secondary N) is 1. The number of nitrogens with zero attached hydrogens (tertiary/aromatic N) is 1. The van der Waals surface area contributed by atoms with Crippen molar-refractivity contribution >= 4 is 21.4 Å². The lowest BCUT2D eigenvalue weighted by Gasteiger charge is -2.05. The van der Waals surface area contributed by atoms with Crippen molar-refractivity contribution in [3.05, 3.63) is 46.4 Å². The van der Waals surface area contributed by atoms with E-state index in [9.17, 15) is 8.42 Å². The van der Waals surface area contributed by atoms with Gasteiger partial charge in [-0.3, -0.25) is 0 Å². The van der Waals surface area contributed by atoms with Crippen molar-refractivity contribution < 1.29 is 8.42 Å². The molecule has 0 bridgehead atoms. The van der Waals surface area contributed by atoms with Crippen LogP contribution in [0.2, 0.25) is 0 Å². The van der Waals surface area contributed by atoms with Gasteiger partial charge in [0.25, 0.3) is 0 Å². The van der Waals surface area contributed by atoms with Crippen LogP contribution in [0.15, 0.2) is 40.6 Å². The average Bonchev–Trinajstić information content (AvgIpc) is 2.76. The van der Waals surface area contributed by atoms with Crippen LogP contribution in [0.3, 0.4) is 0 Å². The van der Waals surface area contributed by atoms with E-state index in [4.69, 9.17) is 0 Å². The Balaban J connectivity index is 1.94. The highest BCUT2D eigenvalue weighted by Gasteiger charge is 2.12. The normalized spacial score (nSPS) is 11.6. The van der Waals surface area contributed by atoms with Crippen LogP contribution in [0.1, 0.15) is 10.7 Å². The van der Waals surface area contributed by atoms with Gasteiger partial charge in [-0.15, -0.1) is 11.3 Å². The molecule has 0 amide bonds. The topological polar surface area (TPSA) is 59.1 Å². The third kappa shape index (κ3) is 3.38. The van der Waals surface area contributed by atoms with Crippen LogP contribution in [0, 0.1) is 6.92 Å². The van der Waals surface area contributed by atoms with Crippen molar-refractivity contribution in [3.63, 3.8) is 0 Å². The summed E-state index contributed by atoms with van der Waals surface area (Å²) in [6.07, 6.45) is 0.608. The first kappa shape index (κ1) is 13.2. The maximum Gasteiger partial charge on any atom is 0.240 e. The lowest BCUT2D eigenvalue weighted by atomic mass is 10.3. The van der Waals surface area contributed by atoms with Crippen LogP contribution in [0.5, 0.6) is 0 Å². The van der Waals surface area contributed by atoms with Gasteiger partial charge >= 0.3 is 0 Å². The molecule has 2 rings (SSSR count). The number of aromatic nitrogens is 1. The Bertz CT molecular complexity index is 606. The number of aryl methyl sites for hydroxylation is 1. The summed E-state index contributed by atoms with van der Waals surface area (Å²) < 4.78 is 26.4. The second kappa shape index (κ2) is 5.60. The second-order valence-corrected chi connectivity index (χ2v) is 6.65. The third-order valence-corrected chi connectivity index (χ3v) is 4.69. The molecule has 96 valence electrons. The van der Waals surface area contributed by atoms with Gasteiger partial charge in [0.15, 0.2) is 0 Å². The quantitative estimate of drug-likeness (QED) is 0.912. The first-order chi connectivity index (χ1) is 8.58. The minimum Gasteiger partial charge on any atom is -0.247 e. The van der Waals surface area contributed by atoms with E-state index in [1.807, 2.05) is 12.3 Å². The summed E-state index contributed by atoms with van der Waals surface area (Å²) in [5.41, 5.74) is 0.924. The molecule has 0 unspecified atom stereocenters. The molecule has 0 spiro atoms. The van der Waals surface area contributed by atoms with Gasteiger partial charge in [0.1, 0.15) is 0 Å². The Labute approximate surface area is 111 Å². The molecular formula is C12H14N2O2S2. The van der Waals surface area contributed by atoms with E-state index in [0.717, 1.165) is 10.7 Å². The number of hydrogen-bond acceptors (Lipinski definition) is 4. The Morgan fingerprint density at radius 2 is 2.00 bits per heavy atom. The fraction of sp³-hybridized carbons (Fsp3) is 0.250. The van der Waals surface area contributed by atoms with Crippen molar-refractivity contribution in [2.24, 2.45) is 0 Å². The van der Waals surface area contributed by atoms with Crippen LogP contribution in [-0.4, -0.2) is 19.9 Å². The highest BCUT2D eigenvalue weighted by atomic mass is 32.2. The smallest absolute Gasteiger partial charge is 0.240 e. The summed E-state index contributed by atoms with van der Waals surface area (Å²) in [7, 11) is -3.40. The Morgan fingerprint density at radius 3 is 2.61 bits per heavy atom. The van der Waals surface area contributed by atoms with Gasteiger partial charge in [-0.25, -0.2) is 18.1 Å². The predicted octanol–water partition coefficient (Wildman–Crippen LogP) is 1.97. The predicted molar refractivity (Wildman–Crippen MR) is 72.2 cm³/mol. The monoisotopic (exact) mass is 282 g/mol. The molecule has 18 heavy (non-hydrogen) atoms. The Morgan fingerprint density at radius 1 is 1.28 bits per heavy atom. The minimum atomic E-state index is -3.40. The maximum atomic E-state index is 11.9. The molecule has 1 heterocycles. The summed E-state index contributed by atoms with van der Waals surface area (Å²) in [5.74, 6) is 0. The van der Waals surface area contributed by atoms with E-state index >= 15 is 0 Å². The number of hydrogen-bond donors (Lipinski definition) is 1. The van der Waals surface area contributed by atoms with E-state index in [1.54, 1.807) is 41.7 Å². The molecule has 0 atom stereocenters. The molecule has 0 saturated carbocycles. The molecule has 0 fully saturated rings. The highest BCUT2D eigenvalue weighted by Crippen LogP contribution is 2.09. The van der Waals surface area contributed by atoms with Crippen molar-refractivity contribution in [3.8, 4) is 0 Å². The summed E-state index contributed by atoms with van der Waals surface area (Å²) >= 11 is 1.57. The molecule has 0 saturated heterocycles. The fourth-order valence-corrected chi connectivity index (χ4v) is 3.22. The van der Waals surface area contributed by atoms with Crippen molar-refractivity contribution in [1.82, 2.24) is 9.71 Å². The number of benzene rings is 1. The van der Waals surface area contributed by atoms with Gasteiger partial charge in [0.2, 0.25) is 10.0 Å². The van der Waals surface area contributed by atoms with E-state index < -0.39 is 10.0 Å². The zero-order chi connectivity index (χ0) is 13.0. The molecule has 1 N–H and O–H groups in total. The number of thiazole rings is 1. The lowest BCUT2D eigenvalue weighted by molar-refractivity contribution is 0.581. The van der Waals surface area contributed by atoms with Crippen molar-refractivity contribution in [2.45, 2.75) is 18.2 Å². The van der Waals surface area contributed by atoms with E-state index in [1.165, 1.54) is 0 Å². The zero-order valence-electron chi connectivity index (χ0n) is 9.96. The van der Waals surface area contributed by atoms with Gasteiger partial charge in [0.05, 0.1) is 15.6 Å². The first-order valence-corrected chi connectivity index (χ1v) is 7.90. The van der Waals surface area contributed by atoms with Crippen LogP contribution in [-0.2, 0) is 16.4 Å². The molecule has 1 aromatic heterocycles. The summed E-state index contributed by atoms with van der Waals surface area (Å²) in [5, 5.41) is 2.95. The van der Waals surface area contributed by atoms with E-state index in [2.05, 4.69) is 9.71 Å². The second-order valence-electron chi connectivity index (χ2n) is 3.82. The molecule has 0 aliphatic heterocycles. The van der Waals surface area contributed by atoms with Gasteiger partial charge in [-0.2, -0.15) is 0 Å². The standard InChI is InChI=1S/C12H14N2O2S2/c1-10-14-11(9-17-10)7-8-13-18(15,16)12-5-3-2-4-6-12/h2-6,9,13H,7-8H2,1H3. The largest absolute Gasteiger partial charge is 0.247 e.